The van der Waals surface area contributed by atoms with Crippen LogP contribution in [0, 0.1) is 5.41 Å². The number of amides is 8. The van der Waals surface area contributed by atoms with Gasteiger partial charge in [-0.25, -0.2) is 9.59 Å². The predicted molar refractivity (Wildman–Crippen MR) is 150 cm³/mol. The van der Waals surface area contributed by atoms with Crippen molar-refractivity contribution in [2.24, 2.45) is 5.41 Å². The molecule has 1 spiro atoms. The highest BCUT2D eigenvalue weighted by atomic mass is 16.2. The Kier molecular flexibility index (Phi) is 7.45. The SMILES string of the molecule is CCCCCCN1C(=O)NC(=O)/C(=C\c2ccc3c(c2)CC2(C(=O)N(C)C(=O)N(C)C2=O)C2CN(C)CCN32)C1=O. The third-order valence-electron chi connectivity index (χ3n) is 8.71. The molecule has 1 unspecified atom stereocenters. The van der Waals surface area contributed by atoms with Crippen LogP contribution in [0.15, 0.2) is 23.8 Å². The molecule has 1 N–H and O–H groups in total. The van der Waals surface area contributed by atoms with E-state index in [0.717, 1.165) is 46.2 Å². The van der Waals surface area contributed by atoms with Gasteiger partial charge in [-0.2, -0.15) is 0 Å². The Balaban J connectivity index is 1.52. The molecule has 4 aliphatic heterocycles. The van der Waals surface area contributed by atoms with Gasteiger partial charge in [0.25, 0.3) is 11.8 Å². The zero-order valence-corrected chi connectivity index (χ0v) is 23.9. The van der Waals surface area contributed by atoms with Crippen molar-refractivity contribution in [2.75, 3.05) is 52.2 Å². The first-order valence-corrected chi connectivity index (χ1v) is 14.1. The molecule has 41 heavy (non-hydrogen) atoms. The maximum absolute atomic E-state index is 13.8. The maximum Gasteiger partial charge on any atom is 0.332 e. The van der Waals surface area contributed by atoms with E-state index in [1.807, 2.05) is 13.1 Å². The number of fused-ring (bicyclic) bond motifs is 4. The van der Waals surface area contributed by atoms with Crippen molar-refractivity contribution in [3.05, 3.63) is 34.9 Å². The molecule has 5 rings (SSSR count). The molecular formula is C29H36N6O6. The zero-order valence-electron chi connectivity index (χ0n) is 23.9. The van der Waals surface area contributed by atoms with Crippen LogP contribution in [0.4, 0.5) is 15.3 Å². The molecule has 12 nitrogen and oxygen atoms in total. The van der Waals surface area contributed by atoms with E-state index >= 15 is 0 Å². The Hall–Kier alpha value is -4.06. The van der Waals surface area contributed by atoms with Crippen LogP contribution in [-0.2, 0) is 25.6 Å². The Labute approximate surface area is 238 Å². The summed E-state index contributed by atoms with van der Waals surface area (Å²) >= 11 is 0. The Morgan fingerprint density at radius 3 is 2.34 bits per heavy atom. The summed E-state index contributed by atoms with van der Waals surface area (Å²) < 4.78 is 0. The summed E-state index contributed by atoms with van der Waals surface area (Å²) in [5.74, 6) is -2.49. The van der Waals surface area contributed by atoms with Gasteiger partial charge in [-0.05, 0) is 49.2 Å². The summed E-state index contributed by atoms with van der Waals surface area (Å²) in [6.07, 6.45) is 5.02. The number of rotatable bonds is 6. The minimum Gasteiger partial charge on any atom is -0.364 e. The number of piperazine rings is 1. The lowest BCUT2D eigenvalue weighted by molar-refractivity contribution is -0.160. The van der Waals surface area contributed by atoms with E-state index in [-0.39, 0.29) is 18.5 Å². The van der Waals surface area contributed by atoms with Crippen LogP contribution in [-0.4, -0.2) is 109 Å². The number of carbonyl (C=O) groups excluding carboxylic acids is 6. The predicted octanol–water partition coefficient (Wildman–Crippen LogP) is 1.44. The number of benzene rings is 1. The first kappa shape index (κ1) is 28.5. The normalized spacial score (nSPS) is 23.9. The average molecular weight is 565 g/mol. The van der Waals surface area contributed by atoms with Gasteiger partial charge in [0.1, 0.15) is 5.57 Å². The molecule has 218 valence electrons. The molecule has 1 aromatic rings. The summed E-state index contributed by atoms with van der Waals surface area (Å²) in [7, 11) is 4.73. The molecule has 3 saturated heterocycles. The second kappa shape index (κ2) is 10.7. The smallest absolute Gasteiger partial charge is 0.332 e. The highest BCUT2D eigenvalue weighted by Crippen LogP contribution is 2.47. The van der Waals surface area contributed by atoms with Crippen LogP contribution < -0.4 is 10.2 Å². The maximum atomic E-state index is 13.8. The van der Waals surface area contributed by atoms with Crippen LogP contribution in [0.1, 0.15) is 43.7 Å². The van der Waals surface area contributed by atoms with Crippen LogP contribution in [0.25, 0.3) is 6.08 Å². The van der Waals surface area contributed by atoms with Gasteiger partial charge in [-0.3, -0.25) is 39.2 Å². The van der Waals surface area contributed by atoms with E-state index in [2.05, 4.69) is 22.0 Å². The van der Waals surface area contributed by atoms with Gasteiger partial charge in [0, 0.05) is 46.0 Å². The standard InChI is InChI=1S/C29H36N6O6/c1-5-6-7-8-11-35-24(37)20(23(36)30-27(35)40)15-18-9-10-21-19(14-18)16-29(22-17-31(2)12-13-34(21)22)25(38)32(3)28(41)33(4)26(29)39/h9-10,14-15,22H,5-8,11-13,16-17H2,1-4H3,(H,30,36,40)/b20-15+. The molecule has 1 atom stereocenters. The second-order valence-electron chi connectivity index (χ2n) is 11.4. The van der Waals surface area contributed by atoms with E-state index in [9.17, 15) is 28.8 Å². The highest BCUT2D eigenvalue weighted by Gasteiger charge is 2.63. The number of likely N-dealkylation sites (N-methyl/N-ethyl adjacent to an activating group) is 1. The van der Waals surface area contributed by atoms with Gasteiger partial charge in [0.15, 0.2) is 5.41 Å². The summed E-state index contributed by atoms with van der Waals surface area (Å²) in [6, 6.07) is 3.57. The number of anilines is 1. The van der Waals surface area contributed by atoms with Gasteiger partial charge in [-0.1, -0.05) is 32.3 Å². The van der Waals surface area contributed by atoms with Crippen molar-refractivity contribution in [1.29, 1.82) is 0 Å². The average Bonchev–Trinajstić information content (AvgIpc) is 2.95. The van der Waals surface area contributed by atoms with Crippen molar-refractivity contribution in [3.63, 3.8) is 0 Å². The van der Waals surface area contributed by atoms with E-state index in [4.69, 9.17) is 0 Å². The summed E-state index contributed by atoms with van der Waals surface area (Å²) in [5, 5.41) is 2.26. The Morgan fingerprint density at radius 1 is 0.951 bits per heavy atom. The monoisotopic (exact) mass is 564 g/mol. The molecule has 8 amide bonds. The van der Waals surface area contributed by atoms with Gasteiger partial charge < -0.3 is 9.80 Å². The van der Waals surface area contributed by atoms with Gasteiger partial charge >= 0.3 is 12.1 Å². The third-order valence-corrected chi connectivity index (χ3v) is 8.71. The highest BCUT2D eigenvalue weighted by molar-refractivity contribution is 6.31. The zero-order chi connectivity index (χ0) is 29.6. The molecule has 12 heteroatoms. The first-order chi connectivity index (χ1) is 19.5. The van der Waals surface area contributed by atoms with E-state index in [1.165, 1.54) is 20.2 Å². The molecular weight excluding hydrogens is 528 g/mol. The Morgan fingerprint density at radius 2 is 1.66 bits per heavy atom. The lowest BCUT2D eigenvalue weighted by Crippen LogP contribution is -2.74. The molecule has 1 aromatic carbocycles. The van der Waals surface area contributed by atoms with Crippen molar-refractivity contribution in [2.45, 2.75) is 45.1 Å². The fourth-order valence-corrected chi connectivity index (χ4v) is 6.45. The molecule has 0 bridgehead atoms. The minimum absolute atomic E-state index is 0.0656. The van der Waals surface area contributed by atoms with Crippen LogP contribution in [0.2, 0.25) is 0 Å². The molecule has 0 aliphatic carbocycles. The summed E-state index contributed by atoms with van der Waals surface area (Å²) in [5.41, 5.74) is 0.432. The van der Waals surface area contributed by atoms with Crippen LogP contribution in [0.3, 0.4) is 0 Å². The van der Waals surface area contributed by atoms with Crippen molar-refractivity contribution in [1.82, 2.24) is 24.9 Å². The van der Waals surface area contributed by atoms with Crippen LogP contribution in [0.5, 0.6) is 0 Å². The quantitative estimate of drug-likeness (QED) is 0.238. The Bertz CT molecular complexity index is 1350. The molecule has 4 heterocycles. The van der Waals surface area contributed by atoms with Crippen molar-refractivity contribution >= 4 is 47.5 Å². The second-order valence-corrected chi connectivity index (χ2v) is 11.4. The number of nitrogens with zero attached hydrogens (tertiary/aromatic N) is 5. The fraction of sp³-hybridized carbons (Fsp3) is 0.517. The number of hydrogen-bond acceptors (Lipinski definition) is 8. The van der Waals surface area contributed by atoms with Gasteiger partial charge in [0.05, 0.1) is 6.04 Å². The van der Waals surface area contributed by atoms with Gasteiger partial charge in [-0.15, -0.1) is 0 Å². The number of urea groups is 2. The molecule has 3 fully saturated rings. The minimum atomic E-state index is -1.51. The molecule has 0 aromatic heterocycles. The lowest BCUT2D eigenvalue weighted by atomic mass is 9.67. The molecule has 0 saturated carbocycles. The number of unbranched alkanes of at least 4 members (excludes halogenated alkanes) is 3. The summed E-state index contributed by atoms with van der Waals surface area (Å²) in [4.78, 5) is 85.7. The number of hydrogen-bond donors (Lipinski definition) is 1. The first-order valence-electron chi connectivity index (χ1n) is 14.1. The third kappa shape index (κ3) is 4.59. The fourth-order valence-electron chi connectivity index (χ4n) is 6.45. The number of barbiturate groups is 2. The van der Waals surface area contributed by atoms with Crippen LogP contribution >= 0.6 is 0 Å². The summed E-state index contributed by atoms with van der Waals surface area (Å²) in [6.45, 7) is 4.06. The van der Waals surface area contributed by atoms with E-state index in [0.29, 0.717) is 30.6 Å². The van der Waals surface area contributed by atoms with Gasteiger partial charge in [0.2, 0.25) is 11.8 Å². The number of carbonyl (C=O) groups is 6. The van der Waals surface area contributed by atoms with Crippen molar-refractivity contribution in [3.8, 4) is 0 Å². The van der Waals surface area contributed by atoms with E-state index < -0.39 is 47.1 Å². The molecule has 0 radical (unpaired) electrons. The van der Waals surface area contributed by atoms with E-state index in [1.54, 1.807) is 12.1 Å². The van der Waals surface area contributed by atoms with Crippen molar-refractivity contribution < 1.29 is 28.8 Å². The molecule has 4 aliphatic rings. The number of imide groups is 4. The lowest BCUT2D eigenvalue weighted by Gasteiger charge is -2.55. The number of nitrogens with one attached hydrogen (secondary N) is 1. The topological polar surface area (TPSA) is 131 Å². The largest absolute Gasteiger partial charge is 0.364 e.